The van der Waals surface area contributed by atoms with Gasteiger partial charge in [0.25, 0.3) is 5.56 Å². The van der Waals surface area contributed by atoms with Gasteiger partial charge >= 0.3 is 0 Å². The van der Waals surface area contributed by atoms with E-state index in [0.717, 1.165) is 30.1 Å². The maximum absolute atomic E-state index is 14.0. The van der Waals surface area contributed by atoms with Crippen molar-refractivity contribution >= 4 is 34.1 Å². The van der Waals surface area contributed by atoms with E-state index in [1.54, 1.807) is 16.7 Å². The van der Waals surface area contributed by atoms with Gasteiger partial charge in [-0.2, -0.15) is 4.98 Å². The largest absolute Gasteiger partial charge is 0.368 e. The highest BCUT2D eigenvalue weighted by atomic mass is 35.5. The van der Waals surface area contributed by atoms with Gasteiger partial charge in [0.2, 0.25) is 5.95 Å². The van der Waals surface area contributed by atoms with E-state index in [2.05, 4.69) is 15.3 Å². The lowest BCUT2D eigenvalue weighted by molar-refractivity contribution is 0.604. The lowest BCUT2D eigenvalue weighted by atomic mass is 10.1. The van der Waals surface area contributed by atoms with Crippen LogP contribution < -0.4 is 16.6 Å². The van der Waals surface area contributed by atoms with Crippen molar-refractivity contribution in [1.29, 1.82) is 0 Å². The van der Waals surface area contributed by atoms with Crippen molar-refractivity contribution in [3.05, 3.63) is 57.3 Å². The van der Waals surface area contributed by atoms with E-state index in [9.17, 15) is 9.18 Å². The number of aromatic nitrogens is 3. The standard InChI is InChI=1S/C18H17ClFN5O/c1-9(23-16-13(20)8-22-18(21)24-16)14-7-10-3-2-4-12(19)15(10)17(26)25(14)11-5-6-11/h2-4,7-9,11H,5-6H2,1H3,(H3,21,22,23,24)/t9-/m0/s1. The molecule has 26 heavy (non-hydrogen) atoms. The Morgan fingerprint density at radius 2 is 2.19 bits per heavy atom. The van der Waals surface area contributed by atoms with Crippen LogP contribution in [0, 0.1) is 5.82 Å². The zero-order valence-corrected chi connectivity index (χ0v) is 14.8. The van der Waals surface area contributed by atoms with Gasteiger partial charge < -0.3 is 15.6 Å². The summed E-state index contributed by atoms with van der Waals surface area (Å²) in [7, 11) is 0. The van der Waals surface area contributed by atoms with Crippen LogP contribution in [0.4, 0.5) is 16.2 Å². The molecule has 6 nitrogen and oxygen atoms in total. The maximum Gasteiger partial charge on any atom is 0.260 e. The van der Waals surface area contributed by atoms with E-state index in [0.29, 0.717) is 10.4 Å². The lowest BCUT2D eigenvalue weighted by Gasteiger charge is -2.21. The van der Waals surface area contributed by atoms with E-state index in [1.807, 2.05) is 19.1 Å². The Morgan fingerprint density at radius 1 is 1.42 bits per heavy atom. The lowest BCUT2D eigenvalue weighted by Crippen LogP contribution is -2.26. The quantitative estimate of drug-likeness (QED) is 0.728. The highest BCUT2D eigenvalue weighted by Gasteiger charge is 2.29. The highest BCUT2D eigenvalue weighted by molar-refractivity contribution is 6.35. The van der Waals surface area contributed by atoms with Crippen LogP contribution >= 0.6 is 11.6 Å². The van der Waals surface area contributed by atoms with Gasteiger partial charge in [0.1, 0.15) is 0 Å². The van der Waals surface area contributed by atoms with Crippen LogP contribution in [0.2, 0.25) is 5.02 Å². The number of nitrogens with zero attached hydrogens (tertiary/aromatic N) is 3. The number of pyridine rings is 1. The van der Waals surface area contributed by atoms with Gasteiger partial charge in [-0.1, -0.05) is 23.7 Å². The third-order valence-corrected chi connectivity index (χ3v) is 4.85. The van der Waals surface area contributed by atoms with Crippen molar-refractivity contribution in [3.8, 4) is 0 Å². The summed E-state index contributed by atoms with van der Waals surface area (Å²) in [4.78, 5) is 20.6. The molecule has 0 saturated heterocycles. The highest BCUT2D eigenvalue weighted by Crippen LogP contribution is 2.37. The third kappa shape index (κ3) is 2.88. The minimum Gasteiger partial charge on any atom is -0.368 e. The average Bonchev–Trinajstić information content (AvgIpc) is 3.42. The molecule has 1 atom stereocenters. The van der Waals surface area contributed by atoms with E-state index in [4.69, 9.17) is 17.3 Å². The molecule has 1 aromatic carbocycles. The molecule has 2 aromatic heterocycles. The van der Waals surface area contributed by atoms with Crippen LogP contribution in [0.3, 0.4) is 0 Å². The molecule has 2 heterocycles. The van der Waals surface area contributed by atoms with Crippen molar-refractivity contribution in [2.45, 2.75) is 31.8 Å². The summed E-state index contributed by atoms with van der Waals surface area (Å²) >= 11 is 6.25. The van der Waals surface area contributed by atoms with Crippen LogP contribution in [0.5, 0.6) is 0 Å². The molecular weight excluding hydrogens is 357 g/mol. The van der Waals surface area contributed by atoms with Crippen molar-refractivity contribution in [1.82, 2.24) is 14.5 Å². The molecule has 0 unspecified atom stereocenters. The number of nitrogens with one attached hydrogen (secondary N) is 1. The summed E-state index contributed by atoms with van der Waals surface area (Å²) in [6, 6.07) is 7.06. The first kappa shape index (κ1) is 16.8. The smallest absolute Gasteiger partial charge is 0.260 e. The molecule has 1 aliphatic rings. The summed E-state index contributed by atoms with van der Waals surface area (Å²) < 4.78 is 15.7. The van der Waals surface area contributed by atoms with E-state index in [-0.39, 0.29) is 29.4 Å². The summed E-state index contributed by atoms with van der Waals surface area (Å²) in [5.74, 6) is -0.618. The van der Waals surface area contributed by atoms with Crippen LogP contribution in [0.25, 0.3) is 10.8 Å². The Labute approximate surface area is 153 Å². The fourth-order valence-corrected chi connectivity index (χ4v) is 3.42. The summed E-state index contributed by atoms with van der Waals surface area (Å²) in [5, 5.41) is 4.70. The maximum atomic E-state index is 14.0. The Hall–Kier alpha value is -2.67. The van der Waals surface area contributed by atoms with E-state index < -0.39 is 5.82 Å². The molecule has 0 aliphatic heterocycles. The monoisotopic (exact) mass is 373 g/mol. The molecule has 0 spiro atoms. The molecule has 134 valence electrons. The third-order valence-electron chi connectivity index (χ3n) is 4.53. The van der Waals surface area contributed by atoms with Gasteiger partial charge in [-0.05, 0) is 37.3 Å². The topological polar surface area (TPSA) is 85.8 Å². The minimum atomic E-state index is -0.602. The van der Waals surface area contributed by atoms with E-state index >= 15 is 0 Å². The molecule has 0 radical (unpaired) electrons. The van der Waals surface area contributed by atoms with Gasteiger partial charge in [0.15, 0.2) is 11.6 Å². The Balaban J connectivity index is 1.84. The Morgan fingerprint density at radius 3 is 2.92 bits per heavy atom. The first-order valence-electron chi connectivity index (χ1n) is 8.34. The second-order valence-electron chi connectivity index (χ2n) is 6.47. The fraction of sp³-hybridized carbons (Fsp3) is 0.278. The number of halogens is 2. The summed E-state index contributed by atoms with van der Waals surface area (Å²) in [6.45, 7) is 1.85. The van der Waals surface area contributed by atoms with Gasteiger partial charge in [0.05, 0.1) is 22.6 Å². The number of rotatable bonds is 4. The Bertz CT molecular complexity index is 1060. The van der Waals surface area contributed by atoms with Gasteiger partial charge in [0, 0.05) is 11.7 Å². The van der Waals surface area contributed by atoms with E-state index in [1.165, 1.54) is 0 Å². The molecule has 4 rings (SSSR count). The number of hydrogen-bond acceptors (Lipinski definition) is 5. The Kier molecular flexibility index (Phi) is 4.03. The minimum absolute atomic E-state index is 0.00554. The molecule has 8 heteroatoms. The molecule has 1 fully saturated rings. The molecule has 3 aromatic rings. The molecule has 0 bridgehead atoms. The average molecular weight is 374 g/mol. The first-order valence-corrected chi connectivity index (χ1v) is 8.71. The van der Waals surface area contributed by atoms with Crippen LogP contribution in [0.1, 0.15) is 37.5 Å². The zero-order chi connectivity index (χ0) is 18.4. The predicted molar refractivity (Wildman–Crippen MR) is 99.9 cm³/mol. The number of anilines is 2. The molecule has 3 N–H and O–H groups in total. The number of benzene rings is 1. The zero-order valence-electron chi connectivity index (χ0n) is 14.0. The number of nitrogens with two attached hydrogens (primary N) is 1. The van der Waals surface area contributed by atoms with Gasteiger partial charge in [-0.25, -0.2) is 9.37 Å². The number of fused-ring (bicyclic) bond motifs is 1. The normalized spacial score (nSPS) is 15.2. The van der Waals surface area contributed by atoms with Crippen molar-refractivity contribution in [2.24, 2.45) is 0 Å². The van der Waals surface area contributed by atoms with Crippen LogP contribution in [0.15, 0.2) is 35.3 Å². The number of nitrogen functional groups attached to an aromatic ring is 1. The van der Waals surface area contributed by atoms with Gasteiger partial charge in [-0.3, -0.25) is 4.79 Å². The fourth-order valence-electron chi connectivity index (χ4n) is 3.16. The SMILES string of the molecule is C[C@H](Nc1nc(N)ncc1F)c1cc2cccc(Cl)c2c(=O)n1C1CC1. The predicted octanol–water partition coefficient (Wildman–Crippen LogP) is 3.67. The molecule has 1 saturated carbocycles. The van der Waals surface area contributed by atoms with Crippen LogP contribution in [-0.2, 0) is 0 Å². The second-order valence-corrected chi connectivity index (χ2v) is 6.88. The van der Waals surface area contributed by atoms with Gasteiger partial charge in [-0.15, -0.1) is 0 Å². The summed E-state index contributed by atoms with van der Waals surface area (Å²) in [6.07, 6.45) is 2.89. The first-order chi connectivity index (χ1) is 12.5. The second kappa shape index (κ2) is 6.25. The molecule has 0 amide bonds. The van der Waals surface area contributed by atoms with Crippen molar-refractivity contribution in [3.63, 3.8) is 0 Å². The molecular formula is C18H17ClFN5O. The van der Waals surface area contributed by atoms with Crippen LogP contribution in [-0.4, -0.2) is 14.5 Å². The number of hydrogen-bond donors (Lipinski definition) is 2. The van der Waals surface area contributed by atoms with Crippen molar-refractivity contribution < 1.29 is 4.39 Å². The van der Waals surface area contributed by atoms with Crippen molar-refractivity contribution in [2.75, 3.05) is 11.1 Å². The molecule has 1 aliphatic carbocycles. The summed E-state index contributed by atoms with van der Waals surface area (Å²) in [5.41, 5.74) is 6.18.